The molecule has 0 radical (unpaired) electrons. The van der Waals surface area contributed by atoms with Gasteiger partial charge in [0.05, 0.1) is 0 Å². The van der Waals surface area contributed by atoms with Crippen LogP contribution in [0.1, 0.15) is 31.4 Å². The Balaban J connectivity index is 1.80. The van der Waals surface area contributed by atoms with Crippen molar-refractivity contribution in [1.82, 2.24) is 10.6 Å². The van der Waals surface area contributed by atoms with Gasteiger partial charge >= 0.3 is 0 Å². The largest absolute Gasteiger partial charge is 0.316 e. The molecule has 17 heavy (non-hydrogen) atoms. The van der Waals surface area contributed by atoms with Crippen LogP contribution >= 0.6 is 0 Å². The van der Waals surface area contributed by atoms with Crippen LogP contribution in [0.25, 0.3) is 0 Å². The predicted octanol–water partition coefficient (Wildman–Crippen LogP) is 2.48. The highest BCUT2D eigenvalue weighted by molar-refractivity contribution is 5.19. The second-order valence-corrected chi connectivity index (χ2v) is 4.89. The fourth-order valence-electron chi connectivity index (χ4n) is 2.31. The van der Waals surface area contributed by atoms with Gasteiger partial charge in [0, 0.05) is 6.04 Å². The highest BCUT2D eigenvalue weighted by Gasteiger charge is 2.14. The van der Waals surface area contributed by atoms with Crippen LogP contribution in [0.4, 0.5) is 4.39 Å². The van der Waals surface area contributed by atoms with E-state index in [1.54, 1.807) is 0 Å². The van der Waals surface area contributed by atoms with E-state index in [1.165, 1.54) is 25.0 Å². The summed E-state index contributed by atoms with van der Waals surface area (Å²) in [6.45, 7) is 5.43. The number of piperidine rings is 1. The summed E-state index contributed by atoms with van der Waals surface area (Å²) in [4.78, 5) is 0. The first kappa shape index (κ1) is 12.5. The van der Waals surface area contributed by atoms with Crippen molar-refractivity contribution >= 4 is 0 Å². The number of hydrogen-bond donors (Lipinski definition) is 2. The van der Waals surface area contributed by atoms with E-state index >= 15 is 0 Å². The summed E-state index contributed by atoms with van der Waals surface area (Å²) in [5.74, 6) is 0.559. The van der Waals surface area contributed by atoms with E-state index < -0.39 is 0 Å². The van der Waals surface area contributed by atoms with E-state index in [-0.39, 0.29) is 11.9 Å². The van der Waals surface area contributed by atoms with E-state index in [1.807, 2.05) is 12.1 Å². The SMILES string of the molecule is C[C@H](NC[C@@H]1CCCNC1)c1ccc(F)cc1. The fraction of sp³-hybridized carbons (Fsp3) is 0.571. The molecule has 0 bridgehead atoms. The van der Waals surface area contributed by atoms with Gasteiger partial charge in [0.15, 0.2) is 0 Å². The van der Waals surface area contributed by atoms with Crippen LogP contribution in [0.5, 0.6) is 0 Å². The summed E-state index contributed by atoms with van der Waals surface area (Å²) < 4.78 is 12.8. The van der Waals surface area contributed by atoms with Crippen LogP contribution in [0.2, 0.25) is 0 Å². The topological polar surface area (TPSA) is 24.1 Å². The molecule has 2 N–H and O–H groups in total. The van der Waals surface area contributed by atoms with E-state index in [0.29, 0.717) is 0 Å². The second kappa shape index (κ2) is 6.12. The van der Waals surface area contributed by atoms with Gasteiger partial charge in [0.1, 0.15) is 5.82 Å². The summed E-state index contributed by atoms with van der Waals surface area (Å²) in [6.07, 6.45) is 2.58. The van der Waals surface area contributed by atoms with Gasteiger partial charge in [-0.15, -0.1) is 0 Å². The lowest BCUT2D eigenvalue weighted by atomic mass is 9.99. The van der Waals surface area contributed by atoms with Crippen molar-refractivity contribution in [2.45, 2.75) is 25.8 Å². The van der Waals surface area contributed by atoms with Crippen molar-refractivity contribution in [2.75, 3.05) is 19.6 Å². The maximum atomic E-state index is 12.8. The molecule has 0 unspecified atom stereocenters. The minimum Gasteiger partial charge on any atom is -0.316 e. The van der Waals surface area contributed by atoms with Crippen LogP contribution < -0.4 is 10.6 Å². The van der Waals surface area contributed by atoms with E-state index in [2.05, 4.69) is 17.6 Å². The van der Waals surface area contributed by atoms with Crippen molar-refractivity contribution in [3.63, 3.8) is 0 Å². The molecule has 0 saturated carbocycles. The third-order valence-corrected chi connectivity index (χ3v) is 3.48. The fourth-order valence-corrected chi connectivity index (χ4v) is 2.31. The first-order chi connectivity index (χ1) is 8.25. The van der Waals surface area contributed by atoms with Gasteiger partial charge in [0.25, 0.3) is 0 Å². The highest BCUT2D eigenvalue weighted by atomic mass is 19.1. The standard InChI is InChI=1S/C14H21FN2/c1-11(13-4-6-14(15)7-5-13)17-10-12-3-2-8-16-9-12/h4-7,11-12,16-17H,2-3,8-10H2,1H3/t11-,12+/m0/s1. The molecule has 0 aliphatic carbocycles. The minimum absolute atomic E-state index is 0.169. The molecule has 0 amide bonds. The van der Waals surface area contributed by atoms with E-state index in [0.717, 1.165) is 31.1 Å². The molecule has 1 aromatic carbocycles. The molecular weight excluding hydrogens is 215 g/mol. The van der Waals surface area contributed by atoms with Crippen molar-refractivity contribution in [1.29, 1.82) is 0 Å². The van der Waals surface area contributed by atoms with Crippen LogP contribution in [-0.2, 0) is 0 Å². The Labute approximate surface area is 103 Å². The van der Waals surface area contributed by atoms with Gasteiger partial charge in [-0.2, -0.15) is 0 Å². The Morgan fingerprint density at radius 3 is 2.82 bits per heavy atom. The number of rotatable bonds is 4. The molecule has 1 aromatic rings. The van der Waals surface area contributed by atoms with Gasteiger partial charge in [-0.05, 0) is 63.0 Å². The van der Waals surface area contributed by atoms with E-state index in [9.17, 15) is 4.39 Å². The molecule has 1 saturated heterocycles. The maximum absolute atomic E-state index is 12.8. The van der Waals surface area contributed by atoms with Gasteiger partial charge in [0.2, 0.25) is 0 Å². The quantitative estimate of drug-likeness (QED) is 0.839. The molecule has 2 atom stereocenters. The molecule has 1 fully saturated rings. The van der Waals surface area contributed by atoms with Gasteiger partial charge < -0.3 is 10.6 Å². The van der Waals surface area contributed by atoms with Gasteiger partial charge in [-0.25, -0.2) is 4.39 Å². The van der Waals surface area contributed by atoms with Crippen LogP contribution in [0.15, 0.2) is 24.3 Å². The first-order valence-corrected chi connectivity index (χ1v) is 6.45. The molecule has 1 heterocycles. The normalized spacial score (nSPS) is 22.4. The van der Waals surface area contributed by atoms with E-state index in [4.69, 9.17) is 0 Å². The smallest absolute Gasteiger partial charge is 0.123 e. The summed E-state index contributed by atoms with van der Waals surface area (Å²) in [7, 11) is 0. The summed E-state index contributed by atoms with van der Waals surface area (Å²) in [6, 6.07) is 7.04. The molecule has 2 nitrogen and oxygen atoms in total. The zero-order chi connectivity index (χ0) is 12.1. The zero-order valence-electron chi connectivity index (χ0n) is 10.4. The Kier molecular flexibility index (Phi) is 4.51. The molecule has 3 heteroatoms. The monoisotopic (exact) mass is 236 g/mol. The summed E-state index contributed by atoms with van der Waals surface area (Å²) in [5.41, 5.74) is 1.15. The third-order valence-electron chi connectivity index (χ3n) is 3.48. The van der Waals surface area contributed by atoms with Crippen molar-refractivity contribution in [3.05, 3.63) is 35.6 Å². The Hall–Kier alpha value is -0.930. The van der Waals surface area contributed by atoms with Gasteiger partial charge in [-0.1, -0.05) is 12.1 Å². The minimum atomic E-state index is -0.169. The number of halogens is 1. The molecule has 0 spiro atoms. The average Bonchev–Trinajstić information content (AvgIpc) is 2.38. The Bertz CT molecular complexity index is 331. The number of hydrogen-bond acceptors (Lipinski definition) is 2. The highest BCUT2D eigenvalue weighted by Crippen LogP contribution is 2.15. The number of benzene rings is 1. The predicted molar refractivity (Wildman–Crippen MR) is 68.4 cm³/mol. The molecule has 94 valence electrons. The molecule has 0 aromatic heterocycles. The lowest BCUT2D eigenvalue weighted by Gasteiger charge is -2.25. The van der Waals surface area contributed by atoms with Crippen molar-refractivity contribution in [3.8, 4) is 0 Å². The lowest BCUT2D eigenvalue weighted by molar-refractivity contribution is 0.348. The Morgan fingerprint density at radius 2 is 2.18 bits per heavy atom. The average molecular weight is 236 g/mol. The number of nitrogens with one attached hydrogen (secondary N) is 2. The van der Waals surface area contributed by atoms with Crippen LogP contribution in [0.3, 0.4) is 0 Å². The van der Waals surface area contributed by atoms with Crippen LogP contribution in [-0.4, -0.2) is 19.6 Å². The maximum Gasteiger partial charge on any atom is 0.123 e. The van der Waals surface area contributed by atoms with Crippen molar-refractivity contribution in [2.24, 2.45) is 5.92 Å². The Morgan fingerprint density at radius 1 is 1.41 bits per heavy atom. The lowest BCUT2D eigenvalue weighted by Crippen LogP contribution is -2.36. The second-order valence-electron chi connectivity index (χ2n) is 4.89. The first-order valence-electron chi connectivity index (χ1n) is 6.45. The molecule has 1 aliphatic rings. The van der Waals surface area contributed by atoms with Gasteiger partial charge in [-0.3, -0.25) is 0 Å². The molecular formula is C14H21FN2. The van der Waals surface area contributed by atoms with Crippen molar-refractivity contribution < 1.29 is 4.39 Å². The molecule has 2 rings (SSSR count). The molecule has 1 aliphatic heterocycles. The summed E-state index contributed by atoms with van der Waals surface area (Å²) >= 11 is 0. The third kappa shape index (κ3) is 3.79. The summed E-state index contributed by atoms with van der Waals surface area (Å²) in [5, 5.41) is 6.94. The zero-order valence-corrected chi connectivity index (χ0v) is 10.4. The van der Waals surface area contributed by atoms with Crippen LogP contribution in [0, 0.1) is 11.7 Å².